The first kappa shape index (κ1) is 10.0. The number of nitrogens with one attached hydrogen (secondary N) is 2. The summed E-state index contributed by atoms with van der Waals surface area (Å²) in [5.74, 6) is 0. The predicted octanol–water partition coefficient (Wildman–Crippen LogP) is 0.394. The van der Waals surface area contributed by atoms with E-state index in [2.05, 4.69) is 10.6 Å². The molecule has 0 spiro atoms. The van der Waals surface area contributed by atoms with Gasteiger partial charge in [0, 0.05) is 38.3 Å². The molecule has 0 aliphatic carbocycles. The lowest BCUT2D eigenvalue weighted by atomic mass is 10.3. The molecule has 0 radical (unpaired) electrons. The van der Waals surface area contributed by atoms with E-state index in [-0.39, 0.29) is 6.03 Å². The van der Waals surface area contributed by atoms with Crippen LogP contribution in [0.15, 0.2) is 23.0 Å². The molecule has 5 nitrogen and oxygen atoms in total. The first-order chi connectivity index (χ1) is 7.36. The van der Waals surface area contributed by atoms with E-state index in [1.54, 1.807) is 12.5 Å². The zero-order chi connectivity index (χ0) is 10.5. The highest BCUT2D eigenvalue weighted by Crippen LogP contribution is 1.99. The van der Waals surface area contributed by atoms with Gasteiger partial charge < -0.3 is 20.0 Å². The number of urea groups is 1. The highest BCUT2D eigenvalue weighted by Gasteiger charge is 2.17. The summed E-state index contributed by atoms with van der Waals surface area (Å²) in [4.78, 5) is 13.0. The van der Waals surface area contributed by atoms with E-state index < -0.39 is 0 Å². The highest BCUT2D eigenvalue weighted by molar-refractivity contribution is 5.76. The van der Waals surface area contributed by atoms with Crippen LogP contribution in [0.25, 0.3) is 0 Å². The molecule has 1 aromatic rings. The fraction of sp³-hybridized carbons (Fsp3) is 0.500. The first-order valence-electron chi connectivity index (χ1n) is 5.11. The van der Waals surface area contributed by atoms with E-state index in [0.717, 1.165) is 38.3 Å². The predicted molar refractivity (Wildman–Crippen MR) is 55.4 cm³/mol. The smallest absolute Gasteiger partial charge is 0.317 e. The van der Waals surface area contributed by atoms with E-state index in [9.17, 15) is 4.79 Å². The second-order valence-corrected chi connectivity index (χ2v) is 3.53. The standard InChI is InChI=1S/C10H15N3O2/c14-10-12-3-5-13(10)4-2-11-7-9-1-6-15-8-9/h1,6,8,11H,2-5,7H2,(H,12,14). The molecular formula is C10H15N3O2. The Kier molecular flexibility index (Phi) is 3.24. The van der Waals surface area contributed by atoms with E-state index in [0.29, 0.717) is 0 Å². The Morgan fingerprint density at radius 3 is 3.20 bits per heavy atom. The molecule has 1 aromatic heterocycles. The maximum Gasteiger partial charge on any atom is 0.317 e. The molecule has 0 aromatic carbocycles. The molecule has 2 heterocycles. The van der Waals surface area contributed by atoms with Crippen molar-refractivity contribution in [3.05, 3.63) is 24.2 Å². The molecule has 2 N–H and O–H groups in total. The van der Waals surface area contributed by atoms with Crippen molar-refractivity contribution in [1.82, 2.24) is 15.5 Å². The molecule has 1 fully saturated rings. The molecule has 0 saturated carbocycles. The third-order valence-electron chi connectivity index (χ3n) is 2.41. The van der Waals surface area contributed by atoms with Crippen LogP contribution in [0, 0.1) is 0 Å². The minimum atomic E-state index is 0.0418. The SMILES string of the molecule is O=C1NCCN1CCNCc1ccoc1. The van der Waals surface area contributed by atoms with Crippen LogP contribution in [0.2, 0.25) is 0 Å². The summed E-state index contributed by atoms with van der Waals surface area (Å²) in [7, 11) is 0. The lowest BCUT2D eigenvalue weighted by molar-refractivity contribution is 0.217. The molecule has 2 amide bonds. The number of hydrogen-bond acceptors (Lipinski definition) is 3. The summed E-state index contributed by atoms with van der Waals surface area (Å²) >= 11 is 0. The third-order valence-corrected chi connectivity index (χ3v) is 2.41. The van der Waals surface area contributed by atoms with Gasteiger partial charge in [-0.2, -0.15) is 0 Å². The van der Waals surface area contributed by atoms with Crippen molar-refractivity contribution in [3.63, 3.8) is 0 Å². The van der Waals surface area contributed by atoms with Crippen molar-refractivity contribution in [2.45, 2.75) is 6.54 Å². The Balaban J connectivity index is 1.61. The van der Waals surface area contributed by atoms with Crippen molar-refractivity contribution in [3.8, 4) is 0 Å². The number of nitrogens with zero attached hydrogens (tertiary/aromatic N) is 1. The Bertz CT molecular complexity index is 310. The lowest BCUT2D eigenvalue weighted by Crippen LogP contribution is -2.34. The van der Waals surface area contributed by atoms with Crippen LogP contribution >= 0.6 is 0 Å². The number of carbonyl (C=O) groups excluding carboxylic acids is 1. The van der Waals surface area contributed by atoms with Crippen LogP contribution in [-0.2, 0) is 6.54 Å². The summed E-state index contributed by atoms with van der Waals surface area (Å²) in [6.07, 6.45) is 3.38. The van der Waals surface area contributed by atoms with Crippen molar-refractivity contribution < 1.29 is 9.21 Å². The van der Waals surface area contributed by atoms with E-state index in [1.165, 1.54) is 0 Å². The largest absolute Gasteiger partial charge is 0.472 e. The Labute approximate surface area is 88.4 Å². The van der Waals surface area contributed by atoms with Crippen molar-refractivity contribution in [2.24, 2.45) is 0 Å². The molecule has 1 aliphatic heterocycles. The Hall–Kier alpha value is -1.49. The minimum Gasteiger partial charge on any atom is -0.472 e. The van der Waals surface area contributed by atoms with Crippen LogP contribution in [-0.4, -0.2) is 37.1 Å². The van der Waals surface area contributed by atoms with E-state index in [4.69, 9.17) is 4.42 Å². The summed E-state index contributed by atoms with van der Waals surface area (Å²) in [5, 5.41) is 6.02. The Morgan fingerprint density at radius 1 is 1.60 bits per heavy atom. The van der Waals surface area contributed by atoms with Crippen LogP contribution in [0.3, 0.4) is 0 Å². The lowest BCUT2D eigenvalue weighted by Gasteiger charge is -2.13. The molecule has 82 valence electrons. The maximum atomic E-state index is 11.2. The molecule has 0 atom stereocenters. The van der Waals surface area contributed by atoms with Crippen molar-refractivity contribution in [2.75, 3.05) is 26.2 Å². The average molecular weight is 209 g/mol. The molecule has 1 aliphatic rings. The third kappa shape index (κ3) is 2.73. The van der Waals surface area contributed by atoms with Crippen LogP contribution < -0.4 is 10.6 Å². The molecular weight excluding hydrogens is 194 g/mol. The monoisotopic (exact) mass is 209 g/mol. The molecule has 2 rings (SSSR count). The van der Waals surface area contributed by atoms with Crippen LogP contribution in [0.1, 0.15) is 5.56 Å². The van der Waals surface area contributed by atoms with E-state index >= 15 is 0 Å². The van der Waals surface area contributed by atoms with Gasteiger partial charge in [-0.25, -0.2) is 4.79 Å². The molecule has 15 heavy (non-hydrogen) atoms. The second kappa shape index (κ2) is 4.84. The summed E-state index contributed by atoms with van der Waals surface area (Å²) in [6.45, 7) is 3.92. The van der Waals surface area contributed by atoms with Gasteiger partial charge in [0.15, 0.2) is 0 Å². The normalized spacial score (nSPS) is 15.7. The first-order valence-corrected chi connectivity index (χ1v) is 5.11. The number of furan rings is 1. The van der Waals surface area contributed by atoms with Gasteiger partial charge in [0.05, 0.1) is 12.5 Å². The molecule has 0 bridgehead atoms. The summed E-state index contributed by atoms with van der Waals surface area (Å²) in [6, 6.07) is 1.97. The van der Waals surface area contributed by atoms with Crippen molar-refractivity contribution >= 4 is 6.03 Å². The van der Waals surface area contributed by atoms with Gasteiger partial charge in [-0.05, 0) is 6.07 Å². The highest BCUT2D eigenvalue weighted by atomic mass is 16.3. The van der Waals surface area contributed by atoms with Gasteiger partial charge in [0.1, 0.15) is 0 Å². The Morgan fingerprint density at radius 2 is 2.53 bits per heavy atom. The zero-order valence-corrected chi connectivity index (χ0v) is 8.53. The fourth-order valence-electron chi connectivity index (χ4n) is 1.56. The van der Waals surface area contributed by atoms with Gasteiger partial charge >= 0.3 is 6.03 Å². The van der Waals surface area contributed by atoms with Gasteiger partial charge in [-0.15, -0.1) is 0 Å². The van der Waals surface area contributed by atoms with Gasteiger partial charge in [0.25, 0.3) is 0 Å². The molecule has 0 unspecified atom stereocenters. The molecule has 5 heteroatoms. The number of rotatable bonds is 5. The maximum absolute atomic E-state index is 11.2. The molecule has 1 saturated heterocycles. The van der Waals surface area contributed by atoms with Gasteiger partial charge in [0.2, 0.25) is 0 Å². The van der Waals surface area contributed by atoms with Crippen LogP contribution in [0.5, 0.6) is 0 Å². The van der Waals surface area contributed by atoms with Gasteiger partial charge in [-0.3, -0.25) is 0 Å². The zero-order valence-electron chi connectivity index (χ0n) is 8.53. The second-order valence-electron chi connectivity index (χ2n) is 3.53. The summed E-state index contributed by atoms with van der Waals surface area (Å²) < 4.78 is 4.95. The number of hydrogen-bond donors (Lipinski definition) is 2. The number of carbonyl (C=O) groups is 1. The number of amides is 2. The average Bonchev–Trinajstić information content (AvgIpc) is 2.85. The van der Waals surface area contributed by atoms with Crippen molar-refractivity contribution in [1.29, 1.82) is 0 Å². The quantitative estimate of drug-likeness (QED) is 0.690. The fourth-order valence-corrected chi connectivity index (χ4v) is 1.56. The van der Waals surface area contributed by atoms with E-state index in [1.807, 2.05) is 11.0 Å². The topological polar surface area (TPSA) is 57.5 Å². The summed E-state index contributed by atoms with van der Waals surface area (Å²) in [5.41, 5.74) is 1.13. The minimum absolute atomic E-state index is 0.0418. The van der Waals surface area contributed by atoms with Gasteiger partial charge in [-0.1, -0.05) is 0 Å². The van der Waals surface area contributed by atoms with Crippen LogP contribution in [0.4, 0.5) is 4.79 Å².